The van der Waals surface area contributed by atoms with Crippen molar-refractivity contribution in [1.29, 1.82) is 0 Å². The molecule has 0 aliphatic rings. The van der Waals surface area contributed by atoms with Gasteiger partial charge in [-0.3, -0.25) is 9.59 Å². The van der Waals surface area contributed by atoms with Crippen molar-refractivity contribution in [2.45, 2.75) is 30.4 Å². The molecule has 164 valence electrons. The van der Waals surface area contributed by atoms with Crippen molar-refractivity contribution < 1.29 is 14.0 Å². The van der Waals surface area contributed by atoms with Gasteiger partial charge < -0.3 is 15.1 Å². The summed E-state index contributed by atoms with van der Waals surface area (Å²) >= 11 is 3.08. The molecular formula is C23H22N4O3S2. The summed E-state index contributed by atoms with van der Waals surface area (Å²) in [6.45, 7) is 3.86. The molecule has 4 rings (SSSR count). The summed E-state index contributed by atoms with van der Waals surface area (Å²) in [6.07, 6.45) is 0.667. The molecule has 2 heterocycles. The molecule has 4 aromatic rings. The second kappa shape index (κ2) is 9.97. The lowest BCUT2D eigenvalue weighted by Crippen LogP contribution is -2.26. The van der Waals surface area contributed by atoms with Crippen LogP contribution in [0.3, 0.4) is 0 Å². The lowest BCUT2D eigenvalue weighted by molar-refractivity contribution is -0.114. The molecule has 0 fully saturated rings. The van der Waals surface area contributed by atoms with E-state index in [1.54, 1.807) is 11.8 Å². The summed E-state index contributed by atoms with van der Waals surface area (Å²) in [5.74, 6) is 0.561. The number of thioether (sulfide) groups is 1. The molecule has 7 nitrogen and oxygen atoms in total. The summed E-state index contributed by atoms with van der Waals surface area (Å²) in [6, 6.07) is 15.2. The quantitative estimate of drug-likeness (QED) is 0.362. The highest BCUT2D eigenvalue weighted by Gasteiger charge is 2.21. The number of anilines is 1. The number of hydrogen-bond donors (Lipinski definition) is 2. The molecule has 0 radical (unpaired) electrons. The highest BCUT2D eigenvalue weighted by atomic mass is 32.2. The van der Waals surface area contributed by atoms with E-state index in [4.69, 9.17) is 4.42 Å². The number of carbonyl (C=O) groups excluding carboxylic acids is 2. The number of hydrogen-bond acceptors (Lipinski definition) is 7. The number of nitrogens with one attached hydrogen (secondary N) is 2. The Morgan fingerprint density at radius 2 is 1.88 bits per heavy atom. The van der Waals surface area contributed by atoms with Crippen molar-refractivity contribution in [2.75, 3.05) is 11.9 Å². The van der Waals surface area contributed by atoms with Crippen LogP contribution in [0.2, 0.25) is 0 Å². The van der Waals surface area contributed by atoms with Crippen molar-refractivity contribution in [1.82, 2.24) is 15.5 Å². The van der Waals surface area contributed by atoms with Gasteiger partial charge in [0.15, 0.2) is 10.1 Å². The van der Waals surface area contributed by atoms with Gasteiger partial charge in [-0.2, -0.15) is 0 Å². The van der Waals surface area contributed by atoms with E-state index in [9.17, 15) is 9.59 Å². The first-order chi connectivity index (χ1) is 15.5. The fraction of sp³-hybridized carbons (Fsp3) is 0.217. The first-order valence-corrected chi connectivity index (χ1v) is 11.9. The number of rotatable bonds is 8. The molecule has 2 amide bonds. The molecule has 0 aliphatic carbocycles. The van der Waals surface area contributed by atoms with Gasteiger partial charge in [0.2, 0.25) is 5.91 Å². The minimum absolute atomic E-state index is 0.105. The summed E-state index contributed by atoms with van der Waals surface area (Å²) in [5, 5.41) is 15.7. The van der Waals surface area contributed by atoms with E-state index >= 15 is 0 Å². The fourth-order valence-corrected chi connectivity index (χ4v) is 5.10. The van der Waals surface area contributed by atoms with Crippen LogP contribution in [-0.4, -0.2) is 28.6 Å². The molecule has 2 aromatic heterocycles. The zero-order valence-electron chi connectivity index (χ0n) is 17.7. The minimum Gasteiger partial charge on any atom is -0.451 e. The van der Waals surface area contributed by atoms with Crippen LogP contribution in [0.25, 0.3) is 11.0 Å². The number of nitrogens with zero attached hydrogens (tertiary/aromatic N) is 2. The monoisotopic (exact) mass is 466 g/mol. The van der Waals surface area contributed by atoms with Crippen molar-refractivity contribution in [3.8, 4) is 0 Å². The van der Waals surface area contributed by atoms with Gasteiger partial charge in [0.1, 0.15) is 10.6 Å². The average molecular weight is 467 g/mol. The molecular weight excluding hydrogens is 444 g/mol. The van der Waals surface area contributed by atoms with E-state index in [1.807, 2.05) is 55.5 Å². The van der Waals surface area contributed by atoms with E-state index in [-0.39, 0.29) is 11.8 Å². The van der Waals surface area contributed by atoms with Crippen LogP contribution >= 0.6 is 23.1 Å². The lowest BCUT2D eigenvalue weighted by atomic mass is 10.1. The molecule has 0 saturated heterocycles. The average Bonchev–Trinajstić information content (AvgIpc) is 3.36. The summed E-state index contributed by atoms with van der Waals surface area (Å²) in [5.41, 5.74) is 3.36. The molecule has 0 saturated carbocycles. The van der Waals surface area contributed by atoms with Gasteiger partial charge in [-0.05, 0) is 37.1 Å². The van der Waals surface area contributed by atoms with Gasteiger partial charge in [-0.1, -0.05) is 53.4 Å². The Morgan fingerprint density at radius 1 is 1.09 bits per heavy atom. The number of carbonyl (C=O) groups is 2. The van der Waals surface area contributed by atoms with Crippen LogP contribution in [-0.2, 0) is 17.0 Å². The molecule has 2 N–H and O–H groups in total. The van der Waals surface area contributed by atoms with Gasteiger partial charge in [-0.25, -0.2) is 0 Å². The third-order valence-electron chi connectivity index (χ3n) is 4.73. The SMILES string of the molecule is CC(=O)Nc1ccc(CCNC(=O)c2oc3ccccc3c2CSc2nnc(C)s2)cc1. The Labute approximate surface area is 193 Å². The van der Waals surface area contributed by atoms with Gasteiger partial charge in [-0.15, -0.1) is 10.2 Å². The van der Waals surface area contributed by atoms with Crippen LogP contribution in [0.15, 0.2) is 57.3 Å². The Hall–Kier alpha value is -3.17. The number of furan rings is 1. The van der Waals surface area contributed by atoms with E-state index in [1.165, 1.54) is 18.3 Å². The number of fused-ring (bicyclic) bond motifs is 1. The van der Waals surface area contributed by atoms with Crippen molar-refractivity contribution in [2.24, 2.45) is 0 Å². The van der Waals surface area contributed by atoms with Gasteiger partial charge in [0, 0.05) is 35.9 Å². The highest BCUT2D eigenvalue weighted by molar-refractivity contribution is 8.00. The Balaban J connectivity index is 1.42. The zero-order valence-corrected chi connectivity index (χ0v) is 19.3. The number of aryl methyl sites for hydroxylation is 1. The van der Waals surface area contributed by atoms with Crippen LogP contribution in [0, 0.1) is 6.92 Å². The van der Waals surface area contributed by atoms with Gasteiger partial charge >= 0.3 is 0 Å². The van der Waals surface area contributed by atoms with Gasteiger partial charge in [0.25, 0.3) is 5.91 Å². The van der Waals surface area contributed by atoms with Crippen LogP contribution in [0.1, 0.15) is 33.6 Å². The second-order valence-corrected chi connectivity index (χ2v) is 9.57. The van der Waals surface area contributed by atoms with E-state index in [0.717, 1.165) is 31.5 Å². The predicted molar refractivity (Wildman–Crippen MR) is 127 cm³/mol. The maximum atomic E-state index is 12.9. The van der Waals surface area contributed by atoms with Crippen molar-refractivity contribution in [3.63, 3.8) is 0 Å². The summed E-state index contributed by atoms with van der Waals surface area (Å²) in [4.78, 5) is 24.1. The largest absolute Gasteiger partial charge is 0.451 e. The fourth-order valence-electron chi connectivity index (χ4n) is 3.25. The maximum absolute atomic E-state index is 12.9. The van der Waals surface area contributed by atoms with Crippen LogP contribution in [0.5, 0.6) is 0 Å². The molecule has 2 aromatic carbocycles. The first-order valence-electron chi connectivity index (χ1n) is 10.1. The molecule has 0 bridgehead atoms. The lowest BCUT2D eigenvalue weighted by Gasteiger charge is -2.07. The normalized spacial score (nSPS) is 10.9. The van der Waals surface area contributed by atoms with E-state index < -0.39 is 0 Å². The van der Waals surface area contributed by atoms with Gasteiger partial charge in [0.05, 0.1) is 0 Å². The summed E-state index contributed by atoms with van der Waals surface area (Å²) < 4.78 is 6.77. The van der Waals surface area contributed by atoms with E-state index in [0.29, 0.717) is 30.1 Å². The topological polar surface area (TPSA) is 97.1 Å². The summed E-state index contributed by atoms with van der Waals surface area (Å²) in [7, 11) is 0. The number of amides is 2. The number of para-hydroxylation sites is 1. The number of benzene rings is 2. The first kappa shape index (κ1) is 22.0. The Morgan fingerprint density at radius 3 is 2.59 bits per heavy atom. The predicted octanol–water partition coefficient (Wildman–Crippen LogP) is 4.82. The molecule has 9 heteroatoms. The zero-order chi connectivity index (χ0) is 22.5. The second-order valence-electron chi connectivity index (χ2n) is 7.17. The third-order valence-corrected chi connectivity index (χ3v) is 6.72. The molecule has 0 aliphatic heterocycles. The molecule has 32 heavy (non-hydrogen) atoms. The third kappa shape index (κ3) is 5.35. The molecule has 0 atom stereocenters. The van der Waals surface area contributed by atoms with E-state index in [2.05, 4.69) is 20.8 Å². The maximum Gasteiger partial charge on any atom is 0.287 e. The minimum atomic E-state index is -0.236. The molecule has 0 spiro atoms. The standard InChI is InChI=1S/C23H22N4O3S2/c1-14(28)25-17-9-7-16(8-10-17)11-12-24-22(29)21-19(13-31-23-27-26-15(2)32-23)18-5-3-4-6-20(18)30-21/h3-10H,11-13H2,1-2H3,(H,24,29)(H,25,28). The van der Waals surface area contributed by atoms with Crippen molar-refractivity contribution in [3.05, 3.63) is 70.4 Å². The number of aromatic nitrogens is 2. The van der Waals surface area contributed by atoms with Crippen LogP contribution < -0.4 is 10.6 Å². The van der Waals surface area contributed by atoms with Crippen molar-refractivity contribution >= 4 is 51.6 Å². The molecule has 0 unspecified atom stereocenters. The van der Waals surface area contributed by atoms with Crippen LogP contribution in [0.4, 0.5) is 5.69 Å². The Bertz CT molecular complexity index is 1250. The Kier molecular flexibility index (Phi) is 6.87. The smallest absolute Gasteiger partial charge is 0.287 e. The highest BCUT2D eigenvalue weighted by Crippen LogP contribution is 2.33.